The summed E-state index contributed by atoms with van der Waals surface area (Å²) in [5.74, 6) is -0.931. The molecule has 0 aromatic rings. The molecule has 0 fully saturated rings. The molecule has 102 valence electrons. The van der Waals surface area contributed by atoms with E-state index in [9.17, 15) is 13.2 Å². The van der Waals surface area contributed by atoms with Crippen molar-refractivity contribution < 1.29 is 18.3 Å². The van der Waals surface area contributed by atoms with Crippen LogP contribution in [-0.4, -0.2) is 54.5 Å². The molecule has 0 aliphatic heterocycles. The fourth-order valence-corrected chi connectivity index (χ4v) is 2.54. The minimum Gasteiger partial charge on any atom is -0.480 e. The molecule has 0 saturated heterocycles. The first-order valence-electron chi connectivity index (χ1n) is 5.68. The third kappa shape index (κ3) is 4.63. The molecule has 0 aliphatic rings. The second-order valence-electron chi connectivity index (χ2n) is 5.17. The van der Waals surface area contributed by atoms with E-state index < -0.39 is 26.6 Å². The molecule has 0 aromatic carbocycles. The summed E-state index contributed by atoms with van der Waals surface area (Å²) in [6, 6.07) is -0.620. The number of carbonyl (C=O) groups is 1. The van der Waals surface area contributed by atoms with Crippen LogP contribution in [0, 0.1) is 0 Å². The molecule has 17 heavy (non-hydrogen) atoms. The van der Waals surface area contributed by atoms with Crippen molar-refractivity contribution in [2.45, 2.75) is 44.9 Å². The number of hydrogen-bond acceptors (Lipinski definition) is 4. The summed E-state index contributed by atoms with van der Waals surface area (Å²) in [7, 11) is -1.56. The van der Waals surface area contributed by atoms with Gasteiger partial charge in [-0.3, -0.25) is 9.69 Å². The van der Waals surface area contributed by atoms with Gasteiger partial charge in [-0.2, -0.15) is 0 Å². The average Bonchev–Trinajstić information content (AvgIpc) is 2.13. The van der Waals surface area contributed by atoms with Gasteiger partial charge in [0.25, 0.3) is 0 Å². The third-order valence-corrected chi connectivity index (χ3v) is 5.44. The van der Waals surface area contributed by atoms with Gasteiger partial charge in [0, 0.05) is 6.54 Å². The Kier molecular flexibility index (Phi) is 5.61. The quantitative estimate of drug-likeness (QED) is 0.775. The SMILES string of the molecule is CCC(C(=O)O)N(C)CCS(=O)(=O)C(C)(C)C. The van der Waals surface area contributed by atoms with Crippen molar-refractivity contribution in [1.29, 1.82) is 0 Å². The van der Waals surface area contributed by atoms with Gasteiger partial charge in [-0.1, -0.05) is 6.92 Å². The predicted molar refractivity (Wildman–Crippen MR) is 67.9 cm³/mol. The van der Waals surface area contributed by atoms with Crippen LogP contribution in [0.25, 0.3) is 0 Å². The lowest BCUT2D eigenvalue weighted by atomic mass is 10.2. The van der Waals surface area contributed by atoms with E-state index in [-0.39, 0.29) is 12.3 Å². The van der Waals surface area contributed by atoms with E-state index >= 15 is 0 Å². The van der Waals surface area contributed by atoms with Gasteiger partial charge < -0.3 is 5.11 Å². The molecule has 0 heterocycles. The second-order valence-corrected chi connectivity index (χ2v) is 8.04. The van der Waals surface area contributed by atoms with Gasteiger partial charge >= 0.3 is 5.97 Å². The zero-order valence-electron chi connectivity index (χ0n) is 11.2. The molecule has 6 heteroatoms. The van der Waals surface area contributed by atoms with Crippen molar-refractivity contribution in [1.82, 2.24) is 4.90 Å². The van der Waals surface area contributed by atoms with Crippen LogP contribution in [0.2, 0.25) is 0 Å². The first kappa shape index (κ1) is 16.4. The Balaban J connectivity index is 4.54. The number of likely N-dealkylation sites (N-methyl/N-ethyl adjacent to an activating group) is 1. The van der Waals surface area contributed by atoms with Crippen molar-refractivity contribution in [3.63, 3.8) is 0 Å². The van der Waals surface area contributed by atoms with Gasteiger partial charge in [0.1, 0.15) is 6.04 Å². The molecule has 1 atom stereocenters. The van der Waals surface area contributed by atoms with Crippen LogP contribution >= 0.6 is 0 Å². The lowest BCUT2D eigenvalue weighted by Gasteiger charge is -2.25. The fourth-order valence-electron chi connectivity index (χ4n) is 1.40. The number of nitrogens with zero attached hydrogens (tertiary/aromatic N) is 1. The number of carboxylic acid groups (broad SMARTS) is 1. The largest absolute Gasteiger partial charge is 0.480 e. The Morgan fingerprint density at radius 1 is 1.35 bits per heavy atom. The van der Waals surface area contributed by atoms with E-state index in [1.807, 2.05) is 0 Å². The minimum atomic E-state index is -3.19. The van der Waals surface area contributed by atoms with Crippen LogP contribution in [0.5, 0.6) is 0 Å². The van der Waals surface area contributed by atoms with Crippen molar-refractivity contribution in [3.05, 3.63) is 0 Å². The molecule has 0 saturated carbocycles. The minimum absolute atomic E-state index is 0.0171. The van der Waals surface area contributed by atoms with Crippen LogP contribution in [0.15, 0.2) is 0 Å². The second kappa shape index (κ2) is 5.82. The lowest BCUT2D eigenvalue weighted by molar-refractivity contribution is -0.142. The summed E-state index contributed by atoms with van der Waals surface area (Å²) in [6.45, 7) is 6.96. The molecule has 0 radical (unpaired) electrons. The number of carboxylic acids is 1. The fraction of sp³-hybridized carbons (Fsp3) is 0.909. The van der Waals surface area contributed by atoms with Crippen molar-refractivity contribution in [2.75, 3.05) is 19.3 Å². The summed E-state index contributed by atoms with van der Waals surface area (Å²) in [4.78, 5) is 12.5. The highest BCUT2D eigenvalue weighted by Crippen LogP contribution is 2.16. The summed E-state index contributed by atoms with van der Waals surface area (Å²) in [6.07, 6.45) is 0.460. The van der Waals surface area contributed by atoms with E-state index in [1.165, 1.54) is 0 Å². The lowest BCUT2D eigenvalue weighted by Crippen LogP contribution is -2.42. The average molecular weight is 265 g/mol. The van der Waals surface area contributed by atoms with Gasteiger partial charge in [-0.15, -0.1) is 0 Å². The molecular formula is C11H23NO4S. The highest BCUT2D eigenvalue weighted by atomic mass is 32.2. The van der Waals surface area contributed by atoms with E-state index in [2.05, 4.69) is 0 Å². The highest BCUT2D eigenvalue weighted by molar-refractivity contribution is 7.92. The monoisotopic (exact) mass is 265 g/mol. The first-order chi connectivity index (χ1) is 7.53. The van der Waals surface area contributed by atoms with Crippen LogP contribution < -0.4 is 0 Å². The molecule has 5 nitrogen and oxygen atoms in total. The number of aliphatic carboxylic acids is 1. The molecule has 1 N–H and O–H groups in total. The van der Waals surface area contributed by atoms with Gasteiger partial charge in [-0.05, 0) is 34.2 Å². The smallest absolute Gasteiger partial charge is 0.320 e. The van der Waals surface area contributed by atoms with E-state index in [1.54, 1.807) is 39.6 Å². The molecule has 0 amide bonds. The molecule has 0 rings (SSSR count). The van der Waals surface area contributed by atoms with Crippen molar-refractivity contribution in [2.24, 2.45) is 0 Å². The van der Waals surface area contributed by atoms with Gasteiger partial charge in [0.2, 0.25) is 0 Å². The third-order valence-electron chi connectivity index (χ3n) is 2.85. The molecule has 1 unspecified atom stereocenters. The Hall–Kier alpha value is -0.620. The van der Waals surface area contributed by atoms with Crippen LogP contribution in [0.3, 0.4) is 0 Å². The van der Waals surface area contributed by atoms with Crippen molar-refractivity contribution >= 4 is 15.8 Å². The highest BCUT2D eigenvalue weighted by Gasteiger charge is 2.30. The summed E-state index contributed by atoms with van der Waals surface area (Å²) < 4.78 is 22.9. The maximum absolute atomic E-state index is 11.9. The molecule has 0 aromatic heterocycles. The summed E-state index contributed by atoms with van der Waals surface area (Å²) in [5.41, 5.74) is 0. The van der Waals surface area contributed by atoms with Gasteiger partial charge in [0.15, 0.2) is 9.84 Å². The summed E-state index contributed by atoms with van der Waals surface area (Å²) in [5, 5.41) is 8.94. The zero-order chi connectivity index (χ0) is 13.9. The number of hydrogen-bond donors (Lipinski definition) is 1. The maximum Gasteiger partial charge on any atom is 0.320 e. The summed E-state index contributed by atoms with van der Waals surface area (Å²) >= 11 is 0. The Morgan fingerprint density at radius 2 is 1.82 bits per heavy atom. The molecule has 0 spiro atoms. The Morgan fingerprint density at radius 3 is 2.12 bits per heavy atom. The number of sulfone groups is 1. The molecule has 0 aliphatic carbocycles. The topological polar surface area (TPSA) is 74.7 Å². The van der Waals surface area contributed by atoms with E-state index in [0.29, 0.717) is 6.42 Å². The maximum atomic E-state index is 11.9. The zero-order valence-corrected chi connectivity index (χ0v) is 12.0. The normalized spacial score (nSPS) is 14.9. The van der Waals surface area contributed by atoms with Crippen LogP contribution in [0.1, 0.15) is 34.1 Å². The van der Waals surface area contributed by atoms with Crippen molar-refractivity contribution in [3.8, 4) is 0 Å². The Labute approximate surface area is 104 Å². The van der Waals surface area contributed by atoms with E-state index in [4.69, 9.17) is 5.11 Å². The molecule has 0 bridgehead atoms. The van der Waals surface area contributed by atoms with Gasteiger partial charge in [-0.25, -0.2) is 8.42 Å². The molecular weight excluding hydrogens is 242 g/mol. The standard InChI is InChI=1S/C11H23NO4S/c1-6-9(10(13)14)12(5)7-8-17(15,16)11(2,3)4/h9H,6-8H2,1-5H3,(H,13,14). The van der Waals surface area contributed by atoms with Crippen LogP contribution in [0.4, 0.5) is 0 Å². The Bertz CT molecular complexity index is 356. The predicted octanol–water partition coefficient (Wildman–Crippen LogP) is 0.995. The number of rotatable bonds is 6. The van der Waals surface area contributed by atoms with Gasteiger partial charge in [0.05, 0.1) is 10.5 Å². The first-order valence-corrected chi connectivity index (χ1v) is 7.33. The van der Waals surface area contributed by atoms with Crippen LogP contribution in [-0.2, 0) is 14.6 Å². The van der Waals surface area contributed by atoms with E-state index in [0.717, 1.165) is 0 Å².